The van der Waals surface area contributed by atoms with E-state index in [9.17, 15) is 5.11 Å². The van der Waals surface area contributed by atoms with Gasteiger partial charge in [0.15, 0.2) is 0 Å². The summed E-state index contributed by atoms with van der Waals surface area (Å²) in [6.45, 7) is -0.0689. The lowest BCUT2D eigenvalue weighted by Gasteiger charge is -2.20. The standard InChI is InChI=1S/C16H13Br2Cl2NO/c17-8-11(18)6-14(13-4-3-12(19)7-15(13)20)16-10(9-22)2-1-5-21-16/h1-5,7-8,14,22H,6,9H2. The highest BCUT2D eigenvalue weighted by Gasteiger charge is 2.22. The summed E-state index contributed by atoms with van der Waals surface area (Å²) >= 11 is 19.2. The van der Waals surface area contributed by atoms with Crippen LogP contribution in [0.2, 0.25) is 10.0 Å². The fourth-order valence-corrected chi connectivity index (χ4v) is 3.33. The molecule has 2 rings (SSSR count). The number of nitrogens with zero attached hydrogens (tertiary/aromatic N) is 1. The van der Waals surface area contributed by atoms with E-state index in [0.29, 0.717) is 16.5 Å². The summed E-state index contributed by atoms with van der Waals surface area (Å²) in [6, 6.07) is 9.11. The summed E-state index contributed by atoms with van der Waals surface area (Å²) in [7, 11) is 0. The second kappa shape index (κ2) is 8.46. The van der Waals surface area contributed by atoms with Gasteiger partial charge >= 0.3 is 0 Å². The Hall–Kier alpha value is -0.390. The smallest absolute Gasteiger partial charge is 0.0699 e. The molecule has 6 heteroatoms. The number of aliphatic hydroxyl groups excluding tert-OH is 1. The lowest BCUT2D eigenvalue weighted by atomic mass is 9.89. The Labute approximate surface area is 156 Å². The third-order valence-electron chi connectivity index (χ3n) is 3.28. The second-order valence-corrected chi connectivity index (χ2v) is 7.00. The van der Waals surface area contributed by atoms with Crippen molar-refractivity contribution in [2.45, 2.75) is 18.9 Å². The third kappa shape index (κ3) is 4.33. The molecule has 0 aliphatic heterocycles. The second-order valence-electron chi connectivity index (χ2n) is 4.68. The van der Waals surface area contributed by atoms with E-state index in [-0.39, 0.29) is 12.5 Å². The Morgan fingerprint density at radius 2 is 2.09 bits per heavy atom. The molecule has 1 unspecified atom stereocenters. The summed E-state index contributed by atoms with van der Waals surface area (Å²) < 4.78 is 0.970. The monoisotopic (exact) mass is 463 g/mol. The molecule has 0 saturated carbocycles. The first-order chi connectivity index (χ1) is 10.6. The van der Waals surface area contributed by atoms with E-state index >= 15 is 0 Å². The number of rotatable bonds is 5. The number of hydrogen-bond donors (Lipinski definition) is 1. The minimum atomic E-state index is -0.0868. The van der Waals surface area contributed by atoms with Crippen molar-refractivity contribution in [3.63, 3.8) is 0 Å². The van der Waals surface area contributed by atoms with Gasteiger partial charge in [-0.15, -0.1) is 0 Å². The van der Waals surface area contributed by atoms with Crippen molar-refractivity contribution in [1.29, 1.82) is 0 Å². The summed E-state index contributed by atoms with van der Waals surface area (Å²) in [4.78, 5) is 6.27. The highest BCUT2D eigenvalue weighted by atomic mass is 79.9. The summed E-state index contributed by atoms with van der Waals surface area (Å²) in [5.41, 5.74) is 2.51. The topological polar surface area (TPSA) is 33.1 Å². The number of halogens is 4. The van der Waals surface area contributed by atoms with Crippen molar-refractivity contribution < 1.29 is 5.11 Å². The van der Waals surface area contributed by atoms with Crippen LogP contribution in [-0.2, 0) is 6.61 Å². The van der Waals surface area contributed by atoms with Gasteiger partial charge in [0.05, 0.1) is 12.3 Å². The van der Waals surface area contributed by atoms with E-state index in [1.54, 1.807) is 12.3 Å². The van der Waals surface area contributed by atoms with Crippen LogP contribution in [0.3, 0.4) is 0 Å². The molecule has 116 valence electrons. The van der Waals surface area contributed by atoms with Gasteiger partial charge in [0.1, 0.15) is 0 Å². The highest BCUT2D eigenvalue weighted by Crippen LogP contribution is 2.38. The van der Waals surface area contributed by atoms with Crippen LogP contribution in [0.25, 0.3) is 0 Å². The van der Waals surface area contributed by atoms with Gasteiger partial charge < -0.3 is 5.11 Å². The Kier molecular flexibility index (Phi) is 6.90. The molecule has 0 radical (unpaired) electrons. The van der Waals surface area contributed by atoms with Crippen LogP contribution in [0.5, 0.6) is 0 Å². The molecule has 1 heterocycles. The summed E-state index contributed by atoms with van der Waals surface area (Å²) in [5.74, 6) is -0.0868. The number of pyridine rings is 1. The molecule has 0 saturated heterocycles. The van der Waals surface area contributed by atoms with Crippen LogP contribution in [-0.4, -0.2) is 10.1 Å². The Morgan fingerprint density at radius 1 is 1.32 bits per heavy atom. The van der Waals surface area contributed by atoms with Crippen molar-refractivity contribution in [1.82, 2.24) is 4.98 Å². The maximum absolute atomic E-state index is 9.59. The van der Waals surface area contributed by atoms with Gasteiger partial charge in [-0.3, -0.25) is 4.98 Å². The fraction of sp³-hybridized carbons (Fsp3) is 0.188. The van der Waals surface area contributed by atoms with Crippen molar-refractivity contribution in [3.05, 3.63) is 72.9 Å². The molecule has 22 heavy (non-hydrogen) atoms. The van der Waals surface area contributed by atoms with Crippen LogP contribution < -0.4 is 0 Å². The van der Waals surface area contributed by atoms with Crippen molar-refractivity contribution in [2.24, 2.45) is 0 Å². The van der Waals surface area contributed by atoms with Gasteiger partial charge in [-0.1, -0.05) is 67.2 Å². The molecule has 0 aliphatic rings. The van der Waals surface area contributed by atoms with Gasteiger partial charge in [0, 0.05) is 26.6 Å². The third-order valence-corrected chi connectivity index (χ3v) is 5.56. The highest BCUT2D eigenvalue weighted by molar-refractivity contribution is 9.14. The largest absolute Gasteiger partial charge is 0.392 e. The quantitative estimate of drug-likeness (QED) is 0.584. The molecular formula is C16H13Br2Cl2NO. The predicted octanol–water partition coefficient (Wildman–Crippen LogP) is 6.03. The molecule has 0 bridgehead atoms. The lowest BCUT2D eigenvalue weighted by Crippen LogP contribution is -2.08. The van der Waals surface area contributed by atoms with Crippen LogP contribution in [0.15, 0.2) is 46.0 Å². The number of benzene rings is 1. The maximum Gasteiger partial charge on any atom is 0.0699 e. The van der Waals surface area contributed by atoms with Gasteiger partial charge in [0.2, 0.25) is 0 Å². The first kappa shape index (κ1) is 18.0. The van der Waals surface area contributed by atoms with E-state index < -0.39 is 0 Å². The molecule has 1 aromatic carbocycles. The van der Waals surface area contributed by atoms with E-state index in [0.717, 1.165) is 21.3 Å². The van der Waals surface area contributed by atoms with Gasteiger partial charge in [-0.05, 0) is 40.7 Å². The summed E-state index contributed by atoms with van der Waals surface area (Å²) in [6.07, 6.45) is 2.38. The minimum Gasteiger partial charge on any atom is -0.392 e. The molecule has 2 nitrogen and oxygen atoms in total. The van der Waals surface area contributed by atoms with Gasteiger partial charge in [-0.2, -0.15) is 0 Å². The van der Waals surface area contributed by atoms with E-state index in [4.69, 9.17) is 23.2 Å². The van der Waals surface area contributed by atoms with Crippen LogP contribution in [0.1, 0.15) is 29.2 Å². The van der Waals surface area contributed by atoms with Crippen LogP contribution >= 0.6 is 55.1 Å². The van der Waals surface area contributed by atoms with Crippen LogP contribution in [0.4, 0.5) is 0 Å². The Bertz CT molecular complexity index is 692. The summed E-state index contributed by atoms with van der Waals surface area (Å²) in [5, 5.41) is 10.8. The Morgan fingerprint density at radius 3 is 2.73 bits per heavy atom. The lowest BCUT2D eigenvalue weighted by molar-refractivity contribution is 0.279. The molecular weight excluding hydrogens is 453 g/mol. The Balaban J connectivity index is 2.55. The molecule has 1 atom stereocenters. The number of aliphatic hydroxyl groups is 1. The predicted molar refractivity (Wildman–Crippen MR) is 99.0 cm³/mol. The molecule has 0 spiro atoms. The zero-order valence-corrected chi connectivity index (χ0v) is 16.1. The van der Waals surface area contributed by atoms with Crippen molar-refractivity contribution in [2.75, 3.05) is 0 Å². The first-order valence-electron chi connectivity index (χ1n) is 6.51. The number of hydrogen-bond acceptors (Lipinski definition) is 2. The average Bonchev–Trinajstić information content (AvgIpc) is 2.53. The maximum atomic E-state index is 9.59. The molecule has 0 fully saturated rings. The van der Waals surface area contributed by atoms with E-state index in [1.807, 2.05) is 29.3 Å². The minimum absolute atomic E-state index is 0.0689. The van der Waals surface area contributed by atoms with Crippen molar-refractivity contribution >= 4 is 55.1 Å². The first-order valence-corrected chi connectivity index (χ1v) is 8.97. The fourth-order valence-electron chi connectivity index (χ4n) is 2.28. The zero-order chi connectivity index (χ0) is 16.1. The van der Waals surface area contributed by atoms with Crippen LogP contribution in [0, 0.1) is 0 Å². The van der Waals surface area contributed by atoms with E-state index in [1.165, 1.54) is 0 Å². The van der Waals surface area contributed by atoms with Gasteiger partial charge in [0.25, 0.3) is 0 Å². The van der Waals surface area contributed by atoms with E-state index in [2.05, 4.69) is 36.8 Å². The average molecular weight is 466 g/mol. The van der Waals surface area contributed by atoms with Gasteiger partial charge in [-0.25, -0.2) is 0 Å². The molecule has 1 aromatic heterocycles. The zero-order valence-electron chi connectivity index (χ0n) is 11.4. The molecule has 2 aromatic rings. The molecule has 1 N–H and O–H groups in total. The molecule has 0 aliphatic carbocycles. The normalized spacial score (nSPS) is 13.2. The molecule has 0 amide bonds. The van der Waals surface area contributed by atoms with Crippen molar-refractivity contribution in [3.8, 4) is 0 Å². The number of aromatic nitrogens is 1. The SMILES string of the molecule is OCc1cccnc1C(CC(Br)=CBr)c1ccc(Cl)cc1Cl. The number of allylic oxidation sites excluding steroid dienone is 1.